The Morgan fingerprint density at radius 2 is 1.95 bits per heavy atom. The van der Waals surface area contributed by atoms with E-state index >= 15 is 0 Å². The minimum atomic E-state index is 0.0926. The van der Waals surface area contributed by atoms with Gasteiger partial charge in [-0.25, -0.2) is 4.98 Å². The summed E-state index contributed by atoms with van der Waals surface area (Å²) >= 11 is 1.52. The lowest BCUT2D eigenvalue weighted by molar-refractivity contribution is 0.0793. The first kappa shape index (κ1) is 16.7. The van der Waals surface area contributed by atoms with E-state index in [1.165, 1.54) is 16.9 Å². The van der Waals surface area contributed by atoms with Crippen LogP contribution in [0.4, 0.5) is 0 Å². The summed E-state index contributed by atoms with van der Waals surface area (Å²) in [5.74, 6) is 0.696. The van der Waals surface area contributed by atoms with Crippen LogP contribution < -0.4 is 0 Å². The van der Waals surface area contributed by atoms with E-state index in [0.717, 1.165) is 35.0 Å². The van der Waals surface area contributed by atoms with Gasteiger partial charge < -0.3 is 4.90 Å². The zero-order valence-electron chi connectivity index (χ0n) is 13.8. The number of hydrogen-bond donors (Lipinski definition) is 0. The van der Waals surface area contributed by atoms with Crippen LogP contribution in [0.2, 0.25) is 0 Å². The molecule has 1 amide bonds. The summed E-state index contributed by atoms with van der Waals surface area (Å²) in [4.78, 5) is 19.7. The van der Waals surface area contributed by atoms with Gasteiger partial charge in [-0.2, -0.15) is 0 Å². The summed E-state index contributed by atoms with van der Waals surface area (Å²) in [6.07, 6.45) is 1.81. The summed E-state index contributed by atoms with van der Waals surface area (Å²) in [6, 6.07) is 10.2. The molecule has 22 heavy (non-hydrogen) atoms. The van der Waals surface area contributed by atoms with E-state index in [1.807, 2.05) is 37.1 Å². The highest BCUT2D eigenvalue weighted by Crippen LogP contribution is 2.22. The van der Waals surface area contributed by atoms with Gasteiger partial charge in [0.25, 0.3) is 5.91 Å². The Morgan fingerprint density at radius 3 is 2.59 bits per heavy atom. The van der Waals surface area contributed by atoms with Gasteiger partial charge in [0, 0.05) is 20.0 Å². The summed E-state index contributed by atoms with van der Waals surface area (Å²) in [7, 11) is 1.88. The molecule has 0 N–H and O–H groups in total. The number of rotatable bonds is 6. The van der Waals surface area contributed by atoms with E-state index in [1.54, 1.807) is 0 Å². The minimum Gasteiger partial charge on any atom is -0.341 e. The van der Waals surface area contributed by atoms with Crippen molar-refractivity contribution >= 4 is 17.2 Å². The van der Waals surface area contributed by atoms with Crippen molar-refractivity contribution in [3.63, 3.8) is 0 Å². The normalized spacial score (nSPS) is 11.0. The maximum Gasteiger partial charge on any atom is 0.265 e. The van der Waals surface area contributed by atoms with E-state index < -0.39 is 0 Å². The number of carbonyl (C=O) groups is 1. The van der Waals surface area contributed by atoms with Crippen LogP contribution in [-0.2, 0) is 6.42 Å². The molecule has 4 heteroatoms. The highest BCUT2D eigenvalue weighted by atomic mass is 32.1. The maximum absolute atomic E-state index is 12.5. The Labute approximate surface area is 137 Å². The van der Waals surface area contributed by atoms with Crippen LogP contribution in [0, 0.1) is 12.8 Å². The Balaban J connectivity index is 2.07. The van der Waals surface area contributed by atoms with Crippen molar-refractivity contribution < 1.29 is 4.79 Å². The fourth-order valence-electron chi connectivity index (χ4n) is 2.22. The molecular formula is C18H24N2OS. The Bertz CT molecular complexity index is 619. The third-order valence-electron chi connectivity index (χ3n) is 3.62. The second kappa shape index (κ2) is 7.54. The molecular weight excluding hydrogens is 292 g/mol. The molecule has 0 fully saturated rings. The van der Waals surface area contributed by atoms with Gasteiger partial charge in [0.2, 0.25) is 0 Å². The van der Waals surface area contributed by atoms with Crippen LogP contribution in [-0.4, -0.2) is 29.4 Å². The van der Waals surface area contributed by atoms with Gasteiger partial charge in [-0.1, -0.05) is 44.2 Å². The van der Waals surface area contributed by atoms with Crippen LogP contribution >= 0.6 is 11.3 Å². The standard InChI is InChI=1S/C18H24N2OS/c1-13(2)10-11-20(4)18(21)17-14(3)19-16(22-17)12-15-8-6-5-7-9-15/h5-9,13H,10-12H2,1-4H3. The molecule has 3 nitrogen and oxygen atoms in total. The van der Waals surface area contributed by atoms with Gasteiger partial charge in [0.15, 0.2) is 0 Å². The lowest BCUT2D eigenvalue weighted by Gasteiger charge is -2.17. The zero-order valence-corrected chi connectivity index (χ0v) is 14.6. The van der Waals surface area contributed by atoms with Gasteiger partial charge >= 0.3 is 0 Å². The molecule has 1 aromatic heterocycles. The zero-order chi connectivity index (χ0) is 16.1. The summed E-state index contributed by atoms with van der Waals surface area (Å²) < 4.78 is 0. The molecule has 0 aliphatic rings. The number of benzene rings is 1. The van der Waals surface area contributed by atoms with Crippen molar-refractivity contribution in [3.8, 4) is 0 Å². The van der Waals surface area contributed by atoms with Crippen molar-refractivity contribution in [1.82, 2.24) is 9.88 Å². The highest BCUT2D eigenvalue weighted by Gasteiger charge is 2.19. The molecule has 118 valence electrons. The average Bonchev–Trinajstić information content (AvgIpc) is 2.85. The first-order valence-corrected chi connectivity index (χ1v) is 8.54. The Morgan fingerprint density at radius 1 is 1.27 bits per heavy atom. The van der Waals surface area contributed by atoms with Crippen molar-refractivity contribution in [2.24, 2.45) is 5.92 Å². The van der Waals surface area contributed by atoms with E-state index in [2.05, 4.69) is 31.0 Å². The van der Waals surface area contributed by atoms with Crippen molar-refractivity contribution in [2.45, 2.75) is 33.6 Å². The monoisotopic (exact) mass is 316 g/mol. The number of carbonyl (C=O) groups excluding carboxylic acids is 1. The number of hydrogen-bond acceptors (Lipinski definition) is 3. The lowest BCUT2D eigenvalue weighted by atomic mass is 10.1. The largest absolute Gasteiger partial charge is 0.341 e. The minimum absolute atomic E-state index is 0.0926. The van der Waals surface area contributed by atoms with Crippen molar-refractivity contribution in [1.29, 1.82) is 0 Å². The topological polar surface area (TPSA) is 33.2 Å². The fraction of sp³-hybridized carbons (Fsp3) is 0.444. The molecule has 0 spiro atoms. The average molecular weight is 316 g/mol. The third-order valence-corrected chi connectivity index (χ3v) is 4.77. The lowest BCUT2D eigenvalue weighted by Crippen LogP contribution is -2.28. The second-order valence-electron chi connectivity index (χ2n) is 6.09. The molecule has 0 radical (unpaired) electrons. The van der Waals surface area contributed by atoms with Crippen LogP contribution in [0.25, 0.3) is 0 Å². The van der Waals surface area contributed by atoms with Crippen LogP contribution in [0.1, 0.15) is 46.2 Å². The van der Waals surface area contributed by atoms with E-state index in [9.17, 15) is 4.79 Å². The smallest absolute Gasteiger partial charge is 0.265 e. The van der Waals surface area contributed by atoms with Crippen LogP contribution in [0.15, 0.2) is 30.3 Å². The van der Waals surface area contributed by atoms with E-state index in [-0.39, 0.29) is 5.91 Å². The molecule has 2 rings (SSSR count). The molecule has 0 saturated heterocycles. The fourth-order valence-corrected chi connectivity index (χ4v) is 3.32. The Kier molecular flexibility index (Phi) is 5.72. The van der Waals surface area contributed by atoms with E-state index in [0.29, 0.717) is 5.92 Å². The molecule has 2 aromatic rings. The Hall–Kier alpha value is -1.68. The van der Waals surface area contributed by atoms with Gasteiger partial charge in [-0.15, -0.1) is 11.3 Å². The van der Waals surface area contributed by atoms with Crippen molar-refractivity contribution in [2.75, 3.05) is 13.6 Å². The second-order valence-corrected chi connectivity index (χ2v) is 7.18. The molecule has 1 aromatic carbocycles. The summed E-state index contributed by atoms with van der Waals surface area (Å²) in [6.45, 7) is 7.07. The number of thiazole rings is 1. The first-order valence-electron chi connectivity index (χ1n) is 7.73. The molecule has 0 atom stereocenters. The van der Waals surface area contributed by atoms with Crippen molar-refractivity contribution in [3.05, 3.63) is 51.5 Å². The first-order chi connectivity index (χ1) is 10.5. The molecule has 0 aliphatic heterocycles. The number of aryl methyl sites for hydroxylation is 1. The van der Waals surface area contributed by atoms with Crippen LogP contribution in [0.5, 0.6) is 0 Å². The number of aromatic nitrogens is 1. The van der Waals surface area contributed by atoms with Gasteiger partial charge in [-0.05, 0) is 24.8 Å². The van der Waals surface area contributed by atoms with Gasteiger partial charge in [0.1, 0.15) is 4.88 Å². The third kappa shape index (κ3) is 4.41. The highest BCUT2D eigenvalue weighted by molar-refractivity contribution is 7.13. The summed E-state index contributed by atoms with van der Waals surface area (Å²) in [5, 5.41) is 1.00. The number of nitrogens with zero attached hydrogens (tertiary/aromatic N) is 2. The predicted octanol–water partition coefficient (Wildman–Crippen LogP) is 4.16. The van der Waals surface area contributed by atoms with Crippen LogP contribution in [0.3, 0.4) is 0 Å². The summed E-state index contributed by atoms with van der Waals surface area (Å²) in [5.41, 5.74) is 2.07. The quantitative estimate of drug-likeness (QED) is 0.801. The maximum atomic E-state index is 12.5. The SMILES string of the molecule is Cc1nc(Cc2ccccc2)sc1C(=O)N(C)CCC(C)C. The molecule has 0 saturated carbocycles. The van der Waals surface area contributed by atoms with Gasteiger partial charge in [0.05, 0.1) is 10.7 Å². The van der Waals surface area contributed by atoms with E-state index in [4.69, 9.17) is 0 Å². The molecule has 0 aliphatic carbocycles. The predicted molar refractivity (Wildman–Crippen MR) is 92.5 cm³/mol. The molecule has 0 bridgehead atoms. The molecule has 1 heterocycles. The molecule has 0 unspecified atom stereocenters. The number of amides is 1. The van der Waals surface area contributed by atoms with Gasteiger partial charge in [-0.3, -0.25) is 4.79 Å².